The molecule has 0 heterocycles. The molecule has 3 heteroatoms. The molecule has 0 aliphatic rings. The van der Waals surface area contributed by atoms with Crippen molar-refractivity contribution in [2.24, 2.45) is 0 Å². The number of halogens is 1. The first-order valence-electron chi connectivity index (χ1n) is 5.20. The maximum absolute atomic E-state index is 6.08. The molecule has 15 heavy (non-hydrogen) atoms. The highest BCUT2D eigenvalue weighted by atomic mass is 35.5. The molecule has 84 valence electrons. The zero-order chi connectivity index (χ0) is 11.3. The van der Waals surface area contributed by atoms with Crippen molar-refractivity contribution in [3.63, 3.8) is 0 Å². The fourth-order valence-electron chi connectivity index (χ4n) is 1.41. The fraction of sp³-hybridized carbons (Fsp3) is 0.500. The molecule has 0 bridgehead atoms. The first-order chi connectivity index (χ1) is 7.19. The summed E-state index contributed by atoms with van der Waals surface area (Å²) in [6, 6.07) is 6.33. The third-order valence-corrected chi connectivity index (χ3v) is 2.84. The predicted molar refractivity (Wildman–Crippen MR) is 64.5 cm³/mol. The summed E-state index contributed by atoms with van der Waals surface area (Å²) in [6.07, 6.45) is 0. The lowest BCUT2D eigenvalue weighted by Crippen LogP contribution is -2.21. The van der Waals surface area contributed by atoms with Gasteiger partial charge in [0.15, 0.2) is 0 Å². The van der Waals surface area contributed by atoms with Crippen molar-refractivity contribution in [2.75, 3.05) is 20.3 Å². The van der Waals surface area contributed by atoms with Crippen LogP contribution in [-0.4, -0.2) is 20.3 Å². The van der Waals surface area contributed by atoms with Gasteiger partial charge in [0.2, 0.25) is 0 Å². The lowest BCUT2D eigenvalue weighted by atomic mass is 10.1. The van der Waals surface area contributed by atoms with E-state index in [0.29, 0.717) is 6.61 Å². The molecule has 0 fully saturated rings. The van der Waals surface area contributed by atoms with Crippen molar-refractivity contribution in [1.82, 2.24) is 5.32 Å². The molecule has 1 unspecified atom stereocenters. The Labute approximate surface area is 96.6 Å². The number of nitrogens with one attached hydrogen (secondary N) is 1. The molecule has 0 aromatic heterocycles. The molecule has 2 nitrogen and oxygen atoms in total. The molecule has 1 atom stereocenters. The van der Waals surface area contributed by atoms with Crippen LogP contribution in [0.4, 0.5) is 0 Å². The van der Waals surface area contributed by atoms with Crippen LogP contribution >= 0.6 is 11.6 Å². The van der Waals surface area contributed by atoms with Crippen molar-refractivity contribution >= 4 is 11.6 Å². The lowest BCUT2D eigenvalue weighted by Gasteiger charge is -2.17. The van der Waals surface area contributed by atoms with E-state index in [4.69, 9.17) is 16.3 Å². The Balaban J connectivity index is 2.78. The topological polar surface area (TPSA) is 21.3 Å². The summed E-state index contributed by atoms with van der Waals surface area (Å²) >= 11 is 6.08. The van der Waals surface area contributed by atoms with Crippen LogP contribution in [-0.2, 0) is 4.74 Å². The van der Waals surface area contributed by atoms with Gasteiger partial charge in [-0.25, -0.2) is 0 Å². The summed E-state index contributed by atoms with van der Waals surface area (Å²) in [5.74, 6) is 0. The van der Waals surface area contributed by atoms with Crippen molar-refractivity contribution < 1.29 is 4.74 Å². The SMILES string of the molecule is CCOCC(NC)c1ccc(C)c(Cl)c1. The number of benzene rings is 1. The predicted octanol–water partition coefficient (Wildman–Crippen LogP) is 2.95. The minimum atomic E-state index is 0.211. The summed E-state index contributed by atoms with van der Waals surface area (Å²) in [5.41, 5.74) is 2.27. The minimum Gasteiger partial charge on any atom is -0.380 e. The summed E-state index contributed by atoms with van der Waals surface area (Å²) in [7, 11) is 1.93. The normalized spacial score (nSPS) is 12.8. The van der Waals surface area contributed by atoms with Crippen molar-refractivity contribution in [1.29, 1.82) is 0 Å². The summed E-state index contributed by atoms with van der Waals surface area (Å²) in [4.78, 5) is 0. The van der Waals surface area contributed by atoms with Gasteiger partial charge in [-0.2, -0.15) is 0 Å². The van der Waals surface area contributed by atoms with Gasteiger partial charge >= 0.3 is 0 Å². The molecule has 0 amide bonds. The number of aryl methyl sites for hydroxylation is 1. The Morgan fingerprint density at radius 1 is 1.47 bits per heavy atom. The van der Waals surface area contributed by atoms with Gasteiger partial charge in [0.1, 0.15) is 0 Å². The molecule has 1 aromatic rings. The second-order valence-corrected chi connectivity index (χ2v) is 3.92. The van der Waals surface area contributed by atoms with Crippen LogP contribution in [0.25, 0.3) is 0 Å². The van der Waals surface area contributed by atoms with E-state index < -0.39 is 0 Å². The van der Waals surface area contributed by atoms with E-state index >= 15 is 0 Å². The monoisotopic (exact) mass is 227 g/mol. The smallest absolute Gasteiger partial charge is 0.0661 e. The van der Waals surface area contributed by atoms with Gasteiger partial charge in [0.05, 0.1) is 12.6 Å². The average molecular weight is 228 g/mol. The third kappa shape index (κ3) is 3.49. The van der Waals surface area contributed by atoms with Gasteiger partial charge in [-0.3, -0.25) is 0 Å². The van der Waals surface area contributed by atoms with Gasteiger partial charge in [-0.05, 0) is 38.1 Å². The fourth-order valence-corrected chi connectivity index (χ4v) is 1.60. The first-order valence-corrected chi connectivity index (χ1v) is 5.58. The van der Waals surface area contributed by atoms with E-state index in [1.54, 1.807) is 0 Å². The van der Waals surface area contributed by atoms with Crippen LogP contribution in [0.1, 0.15) is 24.1 Å². The lowest BCUT2D eigenvalue weighted by molar-refractivity contribution is 0.125. The number of hydrogen-bond acceptors (Lipinski definition) is 2. The molecule has 0 spiro atoms. The minimum absolute atomic E-state index is 0.211. The van der Waals surface area contributed by atoms with E-state index in [-0.39, 0.29) is 6.04 Å². The largest absolute Gasteiger partial charge is 0.380 e. The Morgan fingerprint density at radius 3 is 2.73 bits per heavy atom. The average Bonchev–Trinajstić information content (AvgIpc) is 2.24. The van der Waals surface area contributed by atoms with Crippen LogP contribution in [0.3, 0.4) is 0 Å². The molecule has 1 rings (SSSR count). The van der Waals surface area contributed by atoms with Crippen molar-refractivity contribution in [3.05, 3.63) is 34.3 Å². The molecule has 0 aliphatic heterocycles. The van der Waals surface area contributed by atoms with E-state index in [0.717, 1.165) is 17.2 Å². The molecule has 1 N–H and O–H groups in total. The number of ether oxygens (including phenoxy) is 1. The molecular formula is C12H18ClNO. The van der Waals surface area contributed by atoms with Crippen LogP contribution in [0.15, 0.2) is 18.2 Å². The van der Waals surface area contributed by atoms with Gasteiger partial charge in [0.25, 0.3) is 0 Å². The number of hydrogen-bond donors (Lipinski definition) is 1. The van der Waals surface area contributed by atoms with E-state index in [2.05, 4.69) is 11.4 Å². The Kier molecular flexibility index (Phi) is 5.09. The van der Waals surface area contributed by atoms with Crippen LogP contribution < -0.4 is 5.32 Å². The van der Waals surface area contributed by atoms with Crippen molar-refractivity contribution in [2.45, 2.75) is 19.9 Å². The first kappa shape index (κ1) is 12.5. The van der Waals surface area contributed by atoms with Crippen LogP contribution in [0.2, 0.25) is 5.02 Å². The Bertz CT molecular complexity index is 314. The van der Waals surface area contributed by atoms with Gasteiger partial charge < -0.3 is 10.1 Å². The zero-order valence-electron chi connectivity index (χ0n) is 9.51. The summed E-state index contributed by atoms with van der Waals surface area (Å²) in [6.45, 7) is 5.40. The van der Waals surface area contributed by atoms with Crippen LogP contribution in [0, 0.1) is 6.92 Å². The molecule has 0 saturated carbocycles. The highest BCUT2D eigenvalue weighted by Gasteiger charge is 2.09. The highest BCUT2D eigenvalue weighted by Crippen LogP contribution is 2.21. The standard InChI is InChI=1S/C12H18ClNO/c1-4-15-8-12(14-3)10-6-5-9(2)11(13)7-10/h5-7,12,14H,4,8H2,1-3H3. The molecule has 1 aromatic carbocycles. The molecule has 0 aliphatic carbocycles. The van der Waals surface area contributed by atoms with E-state index in [1.807, 2.05) is 33.0 Å². The summed E-state index contributed by atoms with van der Waals surface area (Å²) in [5, 5.41) is 4.03. The highest BCUT2D eigenvalue weighted by molar-refractivity contribution is 6.31. The number of likely N-dealkylation sites (N-methyl/N-ethyl adjacent to an activating group) is 1. The maximum Gasteiger partial charge on any atom is 0.0661 e. The van der Waals surface area contributed by atoms with E-state index in [1.165, 1.54) is 5.56 Å². The maximum atomic E-state index is 6.08. The van der Waals surface area contributed by atoms with E-state index in [9.17, 15) is 0 Å². The number of rotatable bonds is 5. The second kappa shape index (κ2) is 6.11. The van der Waals surface area contributed by atoms with Crippen LogP contribution in [0.5, 0.6) is 0 Å². The van der Waals surface area contributed by atoms with Gasteiger partial charge in [-0.1, -0.05) is 23.7 Å². The van der Waals surface area contributed by atoms with Crippen molar-refractivity contribution in [3.8, 4) is 0 Å². The van der Waals surface area contributed by atoms with Gasteiger partial charge in [-0.15, -0.1) is 0 Å². The molecular weight excluding hydrogens is 210 g/mol. The quantitative estimate of drug-likeness (QED) is 0.835. The second-order valence-electron chi connectivity index (χ2n) is 3.51. The zero-order valence-corrected chi connectivity index (χ0v) is 10.3. The Morgan fingerprint density at radius 2 is 2.20 bits per heavy atom. The molecule has 0 radical (unpaired) electrons. The van der Waals surface area contributed by atoms with Gasteiger partial charge in [0, 0.05) is 11.6 Å². The summed E-state index contributed by atoms with van der Waals surface area (Å²) < 4.78 is 5.41. The molecule has 0 saturated heterocycles. The third-order valence-electron chi connectivity index (χ3n) is 2.44. The Hall–Kier alpha value is -0.570.